The lowest BCUT2D eigenvalue weighted by molar-refractivity contribution is -0.152. The molecule has 0 amide bonds. The van der Waals surface area contributed by atoms with Crippen LogP contribution in [0.4, 0.5) is 4.39 Å². The molecule has 2 atom stereocenters. The van der Waals surface area contributed by atoms with Crippen molar-refractivity contribution >= 4 is 21.9 Å². The summed E-state index contributed by atoms with van der Waals surface area (Å²) in [5.74, 6) is -1.61. The molecule has 18 heavy (non-hydrogen) atoms. The summed E-state index contributed by atoms with van der Waals surface area (Å²) in [6, 6.07) is 4.01. The van der Waals surface area contributed by atoms with Crippen LogP contribution in [-0.4, -0.2) is 17.7 Å². The number of aliphatic hydroxyl groups excluding tert-OH is 1. The van der Waals surface area contributed by atoms with E-state index in [1.807, 2.05) is 0 Å². The highest BCUT2D eigenvalue weighted by atomic mass is 79.9. The smallest absolute Gasteiger partial charge is 0.311 e. The summed E-state index contributed by atoms with van der Waals surface area (Å²) in [6.45, 7) is 3.74. The van der Waals surface area contributed by atoms with Gasteiger partial charge in [0.25, 0.3) is 0 Å². The van der Waals surface area contributed by atoms with Crippen molar-refractivity contribution in [2.45, 2.75) is 26.4 Å². The van der Waals surface area contributed by atoms with E-state index in [2.05, 4.69) is 15.9 Å². The van der Waals surface area contributed by atoms with Gasteiger partial charge in [-0.1, -0.05) is 22.9 Å². The number of hydrogen-bond donors (Lipinski definition) is 1. The van der Waals surface area contributed by atoms with Gasteiger partial charge in [0.2, 0.25) is 0 Å². The molecule has 2 unspecified atom stereocenters. The zero-order valence-corrected chi connectivity index (χ0v) is 11.9. The molecule has 0 aliphatic carbocycles. The number of esters is 1. The van der Waals surface area contributed by atoms with E-state index in [9.17, 15) is 14.3 Å². The molecule has 0 saturated carbocycles. The molecule has 1 aromatic carbocycles. The van der Waals surface area contributed by atoms with Gasteiger partial charge in [0.15, 0.2) is 0 Å². The van der Waals surface area contributed by atoms with Gasteiger partial charge in [-0.05, 0) is 37.1 Å². The van der Waals surface area contributed by atoms with E-state index < -0.39 is 23.8 Å². The largest absolute Gasteiger partial charge is 0.466 e. The summed E-state index contributed by atoms with van der Waals surface area (Å²) in [5, 5.41) is 10.2. The van der Waals surface area contributed by atoms with Gasteiger partial charge in [0.05, 0.1) is 18.6 Å². The molecule has 5 heteroatoms. The molecule has 3 nitrogen and oxygen atoms in total. The highest BCUT2D eigenvalue weighted by molar-refractivity contribution is 9.10. The van der Waals surface area contributed by atoms with Gasteiger partial charge in [0, 0.05) is 4.47 Å². The molecular weight excluding hydrogens is 303 g/mol. The predicted molar refractivity (Wildman–Crippen MR) is 69.5 cm³/mol. The third-order valence-corrected chi connectivity index (χ3v) is 3.41. The quantitative estimate of drug-likeness (QED) is 0.848. The Kier molecular flexibility index (Phi) is 5.75. The van der Waals surface area contributed by atoms with Crippen molar-refractivity contribution in [3.05, 3.63) is 34.1 Å². The van der Waals surface area contributed by atoms with Gasteiger partial charge in [-0.15, -0.1) is 0 Å². The van der Waals surface area contributed by atoms with Gasteiger partial charge >= 0.3 is 5.97 Å². The van der Waals surface area contributed by atoms with E-state index >= 15 is 0 Å². The van der Waals surface area contributed by atoms with Crippen molar-refractivity contribution in [1.82, 2.24) is 0 Å². The lowest BCUT2D eigenvalue weighted by Gasteiger charge is -2.21. The zero-order valence-electron chi connectivity index (χ0n) is 10.3. The number of carbonyl (C=O) groups is 1. The normalized spacial score (nSPS) is 14.1. The molecule has 0 saturated heterocycles. The van der Waals surface area contributed by atoms with E-state index in [4.69, 9.17) is 4.74 Å². The third kappa shape index (κ3) is 3.53. The Labute approximate surface area is 114 Å². The first-order valence-electron chi connectivity index (χ1n) is 5.80. The lowest BCUT2D eigenvalue weighted by atomic mass is 9.93. The number of hydrogen-bond acceptors (Lipinski definition) is 3. The average molecular weight is 319 g/mol. The Hall–Kier alpha value is -0.940. The van der Waals surface area contributed by atoms with Gasteiger partial charge in [-0.2, -0.15) is 0 Å². The van der Waals surface area contributed by atoms with Crippen LogP contribution in [0.1, 0.15) is 31.9 Å². The van der Waals surface area contributed by atoms with E-state index in [0.717, 1.165) is 0 Å². The number of halogens is 2. The Balaban J connectivity index is 2.99. The second-order valence-corrected chi connectivity index (χ2v) is 4.73. The standard InChI is InChI=1S/C13H16BrFO3/c1-3-9(13(17)18-4-2)12(16)10-7-8(15)5-6-11(10)14/h5-7,9,12,16H,3-4H2,1-2H3. The molecule has 0 aromatic heterocycles. The van der Waals surface area contributed by atoms with Crippen LogP contribution in [0.3, 0.4) is 0 Å². The molecule has 0 fully saturated rings. The Morgan fingerprint density at radius 2 is 2.17 bits per heavy atom. The molecule has 1 aromatic rings. The third-order valence-electron chi connectivity index (χ3n) is 2.69. The van der Waals surface area contributed by atoms with E-state index in [0.29, 0.717) is 16.5 Å². The highest BCUT2D eigenvalue weighted by Crippen LogP contribution is 2.31. The summed E-state index contributed by atoms with van der Waals surface area (Å²) >= 11 is 3.24. The van der Waals surface area contributed by atoms with Crippen LogP contribution >= 0.6 is 15.9 Å². The minimum Gasteiger partial charge on any atom is -0.466 e. The van der Waals surface area contributed by atoms with Crippen LogP contribution in [0.25, 0.3) is 0 Å². The van der Waals surface area contributed by atoms with E-state index in [1.165, 1.54) is 18.2 Å². The second kappa shape index (κ2) is 6.85. The zero-order chi connectivity index (χ0) is 13.7. The first kappa shape index (κ1) is 15.1. The Bertz CT molecular complexity index is 423. The van der Waals surface area contributed by atoms with Gasteiger partial charge < -0.3 is 9.84 Å². The van der Waals surface area contributed by atoms with Crippen molar-refractivity contribution in [2.24, 2.45) is 5.92 Å². The maximum Gasteiger partial charge on any atom is 0.311 e. The summed E-state index contributed by atoms with van der Waals surface area (Å²) < 4.78 is 18.6. The molecule has 0 spiro atoms. The molecule has 1 N–H and O–H groups in total. The Morgan fingerprint density at radius 1 is 1.50 bits per heavy atom. The molecular formula is C13H16BrFO3. The van der Waals surface area contributed by atoms with Crippen LogP contribution in [0.5, 0.6) is 0 Å². The number of ether oxygens (including phenoxy) is 1. The summed E-state index contributed by atoms with van der Waals surface area (Å²) in [6.07, 6.45) is -0.665. The number of benzene rings is 1. The van der Waals surface area contributed by atoms with E-state index in [-0.39, 0.29) is 6.61 Å². The molecule has 0 heterocycles. The fourth-order valence-corrected chi connectivity index (χ4v) is 2.21. The Morgan fingerprint density at radius 3 is 2.72 bits per heavy atom. The number of carbonyl (C=O) groups excluding carboxylic acids is 1. The van der Waals surface area contributed by atoms with Crippen molar-refractivity contribution in [3.8, 4) is 0 Å². The monoisotopic (exact) mass is 318 g/mol. The topological polar surface area (TPSA) is 46.5 Å². The molecule has 0 bridgehead atoms. The SMILES string of the molecule is CCOC(=O)C(CC)C(O)c1cc(F)ccc1Br. The average Bonchev–Trinajstić information content (AvgIpc) is 2.33. The van der Waals surface area contributed by atoms with Crippen molar-refractivity contribution in [3.63, 3.8) is 0 Å². The van der Waals surface area contributed by atoms with Gasteiger partial charge in [-0.3, -0.25) is 4.79 Å². The number of aliphatic hydroxyl groups is 1. The van der Waals surface area contributed by atoms with Crippen LogP contribution in [0.15, 0.2) is 22.7 Å². The first-order valence-corrected chi connectivity index (χ1v) is 6.60. The summed E-state index contributed by atoms with van der Waals surface area (Å²) in [5.41, 5.74) is 0.356. The van der Waals surface area contributed by atoms with Crippen molar-refractivity contribution in [1.29, 1.82) is 0 Å². The summed E-state index contributed by atoms with van der Waals surface area (Å²) in [4.78, 5) is 11.7. The van der Waals surface area contributed by atoms with Crippen LogP contribution in [0.2, 0.25) is 0 Å². The fraction of sp³-hybridized carbons (Fsp3) is 0.462. The van der Waals surface area contributed by atoms with Gasteiger partial charge in [-0.25, -0.2) is 4.39 Å². The lowest BCUT2D eigenvalue weighted by Crippen LogP contribution is -2.24. The van der Waals surface area contributed by atoms with Crippen LogP contribution in [0, 0.1) is 11.7 Å². The van der Waals surface area contributed by atoms with Crippen LogP contribution < -0.4 is 0 Å². The summed E-state index contributed by atoms with van der Waals surface area (Å²) in [7, 11) is 0. The number of rotatable bonds is 5. The minimum atomic E-state index is -1.08. The predicted octanol–water partition coefficient (Wildman–Crippen LogP) is 3.21. The second-order valence-electron chi connectivity index (χ2n) is 3.88. The first-order chi connectivity index (χ1) is 8.51. The molecule has 100 valence electrons. The van der Waals surface area contributed by atoms with Crippen molar-refractivity contribution in [2.75, 3.05) is 6.61 Å². The minimum absolute atomic E-state index is 0.256. The van der Waals surface area contributed by atoms with E-state index in [1.54, 1.807) is 13.8 Å². The molecule has 1 rings (SSSR count). The molecule has 0 aliphatic heterocycles. The maximum atomic E-state index is 13.2. The van der Waals surface area contributed by atoms with Crippen molar-refractivity contribution < 1.29 is 19.0 Å². The fourth-order valence-electron chi connectivity index (χ4n) is 1.73. The van der Waals surface area contributed by atoms with Gasteiger partial charge in [0.1, 0.15) is 5.82 Å². The molecule has 0 aliphatic rings. The maximum absolute atomic E-state index is 13.2. The highest BCUT2D eigenvalue weighted by Gasteiger charge is 2.29. The molecule has 0 radical (unpaired) electrons. The van der Waals surface area contributed by atoms with Crippen LogP contribution in [-0.2, 0) is 9.53 Å².